The van der Waals surface area contributed by atoms with Crippen LogP contribution in [0.3, 0.4) is 0 Å². The molecule has 2 aliphatic rings. The zero-order valence-electron chi connectivity index (χ0n) is 17.2. The number of carbonyl (C=O) groups excluding carboxylic acids is 1. The molecule has 0 atom stereocenters. The maximum Gasteiger partial charge on any atom is 0.231 e. The number of anilines is 2. The van der Waals surface area contributed by atoms with E-state index in [4.69, 9.17) is 4.37 Å². The molecular formula is C23H27ClN4OS. The first kappa shape index (κ1) is 21.1. The summed E-state index contributed by atoms with van der Waals surface area (Å²) in [7, 11) is 0. The van der Waals surface area contributed by atoms with Crippen molar-refractivity contribution in [3.05, 3.63) is 53.6 Å². The Morgan fingerprint density at radius 3 is 2.67 bits per heavy atom. The summed E-state index contributed by atoms with van der Waals surface area (Å²) < 4.78 is 5.97. The van der Waals surface area contributed by atoms with E-state index >= 15 is 0 Å². The number of hydrogen-bond donors (Lipinski definition) is 0. The van der Waals surface area contributed by atoms with Gasteiger partial charge in [-0.3, -0.25) is 9.69 Å². The van der Waals surface area contributed by atoms with Gasteiger partial charge in [-0.25, -0.2) is 0 Å². The number of aromatic nitrogens is 1. The molecule has 3 heterocycles. The predicted octanol–water partition coefficient (Wildman–Crippen LogP) is 3.99. The highest BCUT2D eigenvalue weighted by Gasteiger charge is 2.26. The summed E-state index contributed by atoms with van der Waals surface area (Å²) in [6.45, 7) is 8.04. The second kappa shape index (κ2) is 8.92. The number of carbonyl (C=O) groups is 1. The lowest BCUT2D eigenvalue weighted by atomic mass is 10.1. The molecule has 1 aromatic heterocycles. The Bertz CT molecular complexity index is 1040. The Hall–Kier alpha value is -2.15. The molecule has 1 amide bonds. The number of rotatable bonds is 5. The van der Waals surface area contributed by atoms with Crippen molar-refractivity contribution in [2.45, 2.75) is 19.8 Å². The topological polar surface area (TPSA) is 39.7 Å². The number of halogens is 1. The van der Waals surface area contributed by atoms with Crippen LogP contribution in [0.5, 0.6) is 0 Å². The molecule has 0 bridgehead atoms. The third-order valence-corrected chi connectivity index (χ3v) is 6.96. The first-order valence-electron chi connectivity index (χ1n) is 10.5. The second-order valence-corrected chi connectivity index (χ2v) is 8.66. The summed E-state index contributed by atoms with van der Waals surface area (Å²) in [4.78, 5) is 19.0. The molecule has 3 aromatic rings. The molecule has 0 saturated carbocycles. The molecule has 5 rings (SSSR count). The van der Waals surface area contributed by atoms with E-state index in [9.17, 15) is 4.79 Å². The maximum absolute atomic E-state index is 12.1. The molecule has 0 radical (unpaired) electrons. The highest BCUT2D eigenvalue weighted by Crippen LogP contribution is 2.31. The van der Waals surface area contributed by atoms with Gasteiger partial charge < -0.3 is 9.80 Å². The minimum atomic E-state index is 0. The van der Waals surface area contributed by atoms with Crippen LogP contribution in [0.2, 0.25) is 0 Å². The number of amides is 1. The number of nitrogens with zero attached hydrogens (tertiary/aromatic N) is 4. The fraction of sp³-hybridized carbons (Fsp3) is 0.391. The van der Waals surface area contributed by atoms with Crippen LogP contribution in [0.4, 0.5) is 11.5 Å². The lowest BCUT2D eigenvalue weighted by Gasteiger charge is -2.35. The van der Waals surface area contributed by atoms with Gasteiger partial charge in [0, 0.05) is 50.3 Å². The number of likely N-dealkylation sites (N-methyl/N-ethyl adjacent to an activating group) is 1. The molecule has 1 fully saturated rings. The van der Waals surface area contributed by atoms with Crippen LogP contribution in [0.1, 0.15) is 18.1 Å². The van der Waals surface area contributed by atoms with Crippen LogP contribution in [-0.4, -0.2) is 54.4 Å². The van der Waals surface area contributed by atoms with E-state index in [2.05, 4.69) is 52.3 Å². The third kappa shape index (κ3) is 3.92. The fourth-order valence-corrected chi connectivity index (χ4v) is 5.31. The molecule has 2 aliphatic heterocycles. The van der Waals surface area contributed by atoms with Crippen LogP contribution < -0.4 is 9.80 Å². The minimum absolute atomic E-state index is 0. The van der Waals surface area contributed by atoms with Gasteiger partial charge >= 0.3 is 0 Å². The predicted molar refractivity (Wildman–Crippen MR) is 127 cm³/mol. The molecule has 30 heavy (non-hydrogen) atoms. The van der Waals surface area contributed by atoms with Crippen molar-refractivity contribution >= 4 is 51.4 Å². The second-order valence-electron chi connectivity index (χ2n) is 7.86. The summed E-state index contributed by atoms with van der Waals surface area (Å²) >= 11 is 1.59. The summed E-state index contributed by atoms with van der Waals surface area (Å²) in [5.41, 5.74) is 3.63. The largest absolute Gasteiger partial charge is 0.353 e. The summed E-state index contributed by atoms with van der Waals surface area (Å²) in [6.07, 6.45) is 1.59. The lowest BCUT2D eigenvalue weighted by Crippen LogP contribution is -2.47. The first-order chi connectivity index (χ1) is 14.2. The first-order valence-corrected chi connectivity index (χ1v) is 11.2. The normalized spacial score (nSPS) is 16.8. The maximum atomic E-state index is 12.1. The van der Waals surface area contributed by atoms with E-state index in [1.54, 1.807) is 11.5 Å². The number of hydrogen-bond acceptors (Lipinski definition) is 5. The van der Waals surface area contributed by atoms with Crippen LogP contribution in [-0.2, 0) is 17.6 Å². The monoisotopic (exact) mass is 442 g/mol. The van der Waals surface area contributed by atoms with Gasteiger partial charge in [-0.15, -0.1) is 12.4 Å². The number of piperazine rings is 1. The van der Waals surface area contributed by atoms with Crippen molar-refractivity contribution in [2.24, 2.45) is 0 Å². The Balaban J connectivity index is 0.00000218. The SMILES string of the molecule is CCN1C(=O)Cc2cc(CCN3CCN(c4nsc5ccccc45)CC3)ccc21.Cl. The summed E-state index contributed by atoms with van der Waals surface area (Å²) in [5.74, 6) is 1.37. The van der Waals surface area contributed by atoms with Gasteiger partial charge in [0.05, 0.1) is 11.1 Å². The Morgan fingerprint density at radius 2 is 1.87 bits per heavy atom. The fourth-order valence-electron chi connectivity index (χ4n) is 4.51. The highest BCUT2D eigenvalue weighted by molar-refractivity contribution is 7.13. The average Bonchev–Trinajstić information content (AvgIpc) is 3.32. The van der Waals surface area contributed by atoms with Crippen molar-refractivity contribution in [1.82, 2.24) is 9.27 Å². The average molecular weight is 443 g/mol. The van der Waals surface area contributed by atoms with Crippen molar-refractivity contribution in [3.63, 3.8) is 0 Å². The van der Waals surface area contributed by atoms with Crippen LogP contribution in [0.15, 0.2) is 42.5 Å². The summed E-state index contributed by atoms with van der Waals surface area (Å²) in [6, 6.07) is 15.1. The van der Waals surface area contributed by atoms with Gasteiger partial charge in [0.2, 0.25) is 5.91 Å². The van der Waals surface area contributed by atoms with E-state index in [0.29, 0.717) is 6.42 Å². The molecule has 1 saturated heterocycles. The third-order valence-electron chi connectivity index (χ3n) is 6.14. The molecule has 7 heteroatoms. The molecule has 2 aromatic carbocycles. The minimum Gasteiger partial charge on any atom is -0.353 e. The number of fused-ring (bicyclic) bond motifs is 2. The van der Waals surface area contributed by atoms with Crippen molar-refractivity contribution < 1.29 is 4.79 Å². The lowest BCUT2D eigenvalue weighted by molar-refractivity contribution is -0.117. The van der Waals surface area contributed by atoms with Crippen molar-refractivity contribution in [3.8, 4) is 0 Å². The van der Waals surface area contributed by atoms with Gasteiger partial charge in [0.25, 0.3) is 0 Å². The van der Waals surface area contributed by atoms with E-state index < -0.39 is 0 Å². The Kier molecular flexibility index (Phi) is 6.27. The summed E-state index contributed by atoms with van der Waals surface area (Å²) in [5, 5.41) is 1.28. The molecule has 158 valence electrons. The molecule has 0 spiro atoms. The zero-order chi connectivity index (χ0) is 19.8. The van der Waals surface area contributed by atoms with Gasteiger partial charge in [0.15, 0.2) is 0 Å². The van der Waals surface area contributed by atoms with E-state index in [-0.39, 0.29) is 18.3 Å². The van der Waals surface area contributed by atoms with Crippen LogP contribution in [0, 0.1) is 0 Å². The smallest absolute Gasteiger partial charge is 0.231 e. The van der Waals surface area contributed by atoms with Gasteiger partial charge in [-0.2, -0.15) is 4.37 Å². The van der Waals surface area contributed by atoms with Gasteiger partial charge in [-0.05, 0) is 54.2 Å². The molecule has 5 nitrogen and oxygen atoms in total. The molecule has 0 unspecified atom stereocenters. The quantitative estimate of drug-likeness (QED) is 0.599. The van der Waals surface area contributed by atoms with Crippen LogP contribution in [0.25, 0.3) is 10.1 Å². The van der Waals surface area contributed by atoms with Gasteiger partial charge in [0.1, 0.15) is 5.82 Å². The number of benzene rings is 2. The molecule has 0 aliphatic carbocycles. The zero-order valence-corrected chi connectivity index (χ0v) is 18.8. The molecular weight excluding hydrogens is 416 g/mol. The van der Waals surface area contributed by atoms with E-state index in [0.717, 1.165) is 57.2 Å². The Morgan fingerprint density at radius 1 is 1.07 bits per heavy atom. The van der Waals surface area contributed by atoms with Crippen LogP contribution >= 0.6 is 23.9 Å². The van der Waals surface area contributed by atoms with Gasteiger partial charge in [-0.1, -0.05) is 24.3 Å². The van der Waals surface area contributed by atoms with E-state index in [1.165, 1.54) is 21.2 Å². The van der Waals surface area contributed by atoms with Crippen molar-refractivity contribution in [2.75, 3.05) is 49.1 Å². The van der Waals surface area contributed by atoms with Crippen molar-refractivity contribution in [1.29, 1.82) is 0 Å². The Labute approximate surface area is 187 Å². The highest BCUT2D eigenvalue weighted by atomic mass is 35.5. The molecule has 0 N–H and O–H groups in total. The van der Waals surface area contributed by atoms with E-state index in [1.807, 2.05) is 11.8 Å². The standard InChI is InChI=1S/C23H26N4OS.ClH/c1-2-27-20-8-7-17(15-18(20)16-22(27)28)9-10-25-11-13-26(14-12-25)23-19-5-3-4-6-21(19)29-24-23;/h3-8,15H,2,9-14,16H2,1H3;1H.